The quantitative estimate of drug-likeness (QED) is 0.178. The number of amides is 3. The fourth-order valence-corrected chi connectivity index (χ4v) is 5.70. The molecule has 0 radical (unpaired) electrons. The number of unbranched alkanes of at least 4 members (excludes halogenated alkanes) is 5. The van der Waals surface area contributed by atoms with E-state index in [1.54, 1.807) is 43.5 Å². The molecule has 2 rings (SSSR count). The minimum atomic E-state index is -0.940. The molecule has 0 bridgehead atoms. The second kappa shape index (κ2) is 18.3. The summed E-state index contributed by atoms with van der Waals surface area (Å²) >= 11 is 8.11. The standard InChI is InChI=1S/C35H52ClN3O4S/c1-9-10-11-12-13-14-21-39(33(41)29(20-22-44-8)37-34(42)43-35(5,6)7)31(27-19-18-24(2)26(4)23-27)32(40)38-30-25(3)16-15-17-28(30)36/h15-19,23,29,31H,9-14,20-22H2,1-8H3,(H,37,42)(H,38,40). The largest absolute Gasteiger partial charge is 0.444 e. The fraction of sp³-hybridized carbons (Fsp3) is 0.571. The average Bonchev–Trinajstić information content (AvgIpc) is 2.94. The van der Waals surface area contributed by atoms with Gasteiger partial charge in [0.25, 0.3) is 5.91 Å². The first-order valence-electron chi connectivity index (χ1n) is 15.7. The number of ether oxygens (including phenoxy) is 1. The fourth-order valence-electron chi connectivity index (χ4n) is 4.96. The summed E-state index contributed by atoms with van der Waals surface area (Å²) in [6.07, 6.45) is 7.88. The third kappa shape index (κ3) is 12.0. The predicted molar refractivity (Wildman–Crippen MR) is 185 cm³/mol. The highest BCUT2D eigenvalue weighted by atomic mass is 35.5. The van der Waals surface area contributed by atoms with Gasteiger partial charge in [-0.2, -0.15) is 11.8 Å². The molecule has 2 aromatic carbocycles. The van der Waals surface area contributed by atoms with Gasteiger partial charge in [0.15, 0.2) is 0 Å². The van der Waals surface area contributed by atoms with E-state index in [0.29, 0.717) is 35.0 Å². The smallest absolute Gasteiger partial charge is 0.408 e. The van der Waals surface area contributed by atoms with Crippen LogP contribution < -0.4 is 10.6 Å². The SMILES string of the molecule is CCCCCCCCN(C(=O)C(CCSC)NC(=O)OC(C)(C)C)C(C(=O)Nc1c(C)cccc1Cl)c1ccc(C)c(C)c1. The zero-order chi connectivity index (χ0) is 32.9. The zero-order valence-electron chi connectivity index (χ0n) is 27.8. The van der Waals surface area contributed by atoms with Crippen LogP contribution in [0.3, 0.4) is 0 Å². The lowest BCUT2D eigenvalue weighted by atomic mass is 9.97. The first-order chi connectivity index (χ1) is 20.8. The van der Waals surface area contributed by atoms with Crippen LogP contribution in [0.5, 0.6) is 0 Å². The molecule has 9 heteroatoms. The first kappa shape index (κ1) is 37.5. The van der Waals surface area contributed by atoms with Gasteiger partial charge in [-0.15, -0.1) is 0 Å². The monoisotopic (exact) mass is 645 g/mol. The van der Waals surface area contributed by atoms with Gasteiger partial charge in [0, 0.05) is 6.54 Å². The Hall–Kier alpha value is -2.71. The van der Waals surface area contributed by atoms with Crippen molar-refractivity contribution in [2.75, 3.05) is 23.9 Å². The molecule has 0 aliphatic rings. The Labute approximate surface area is 274 Å². The maximum Gasteiger partial charge on any atom is 0.408 e. The summed E-state index contributed by atoms with van der Waals surface area (Å²) in [5.41, 5.74) is 3.44. The molecule has 244 valence electrons. The topological polar surface area (TPSA) is 87.7 Å². The number of anilines is 1. The number of thioether (sulfide) groups is 1. The van der Waals surface area contributed by atoms with Gasteiger partial charge in [-0.05, 0) is 94.7 Å². The molecule has 0 aromatic heterocycles. The lowest BCUT2D eigenvalue weighted by Gasteiger charge is -2.35. The number of benzene rings is 2. The van der Waals surface area contributed by atoms with Crippen molar-refractivity contribution in [3.8, 4) is 0 Å². The molecular formula is C35H52ClN3O4S. The van der Waals surface area contributed by atoms with Crippen molar-refractivity contribution >= 4 is 47.0 Å². The summed E-state index contributed by atoms with van der Waals surface area (Å²) in [5.74, 6) is -0.0199. The van der Waals surface area contributed by atoms with Crippen LogP contribution >= 0.6 is 23.4 Å². The summed E-state index contributed by atoms with van der Waals surface area (Å²) < 4.78 is 5.52. The minimum absolute atomic E-state index is 0.312. The Kier molecular flexibility index (Phi) is 15.6. The lowest BCUT2D eigenvalue weighted by Crippen LogP contribution is -2.52. The van der Waals surface area contributed by atoms with Crippen molar-refractivity contribution in [3.05, 3.63) is 63.7 Å². The van der Waals surface area contributed by atoms with E-state index in [1.807, 2.05) is 57.4 Å². The van der Waals surface area contributed by atoms with Gasteiger partial charge < -0.3 is 20.3 Å². The average molecular weight is 646 g/mol. The third-order valence-electron chi connectivity index (χ3n) is 7.51. The number of halogens is 1. The highest BCUT2D eigenvalue weighted by Gasteiger charge is 2.36. The van der Waals surface area contributed by atoms with Crippen molar-refractivity contribution in [1.82, 2.24) is 10.2 Å². The van der Waals surface area contributed by atoms with Gasteiger partial charge in [0.2, 0.25) is 5.91 Å². The van der Waals surface area contributed by atoms with Crippen LogP contribution in [0.1, 0.15) is 101 Å². The molecule has 3 amide bonds. The van der Waals surface area contributed by atoms with E-state index < -0.39 is 23.8 Å². The van der Waals surface area contributed by atoms with Crippen molar-refractivity contribution < 1.29 is 19.1 Å². The third-order valence-corrected chi connectivity index (χ3v) is 8.47. The van der Waals surface area contributed by atoms with Gasteiger partial charge in [-0.1, -0.05) is 81.0 Å². The molecule has 0 fully saturated rings. The van der Waals surface area contributed by atoms with Crippen LogP contribution in [-0.2, 0) is 14.3 Å². The van der Waals surface area contributed by atoms with E-state index in [1.165, 1.54) is 6.42 Å². The number of hydrogen-bond acceptors (Lipinski definition) is 5. The maximum atomic E-state index is 14.5. The number of rotatable bonds is 16. The highest BCUT2D eigenvalue weighted by molar-refractivity contribution is 7.98. The van der Waals surface area contributed by atoms with Gasteiger partial charge in [0.1, 0.15) is 17.7 Å². The molecule has 0 saturated heterocycles. The number of carbonyl (C=O) groups excluding carboxylic acids is 3. The summed E-state index contributed by atoms with van der Waals surface area (Å²) in [7, 11) is 0. The molecule has 0 saturated carbocycles. The van der Waals surface area contributed by atoms with Crippen LogP contribution in [0, 0.1) is 20.8 Å². The summed E-state index contributed by atoms with van der Waals surface area (Å²) in [4.78, 5) is 43.3. The number of alkyl carbamates (subject to hydrolysis) is 1. The normalized spacial score (nSPS) is 12.8. The number of nitrogens with one attached hydrogen (secondary N) is 2. The van der Waals surface area contributed by atoms with E-state index in [4.69, 9.17) is 16.3 Å². The Morgan fingerprint density at radius 1 is 0.955 bits per heavy atom. The van der Waals surface area contributed by atoms with Crippen LogP contribution in [0.15, 0.2) is 36.4 Å². The molecular weight excluding hydrogens is 594 g/mol. The van der Waals surface area contributed by atoms with Crippen LogP contribution in [0.4, 0.5) is 10.5 Å². The van der Waals surface area contributed by atoms with Crippen LogP contribution in [0.2, 0.25) is 5.02 Å². The molecule has 2 unspecified atom stereocenters. The number of aryl methyl sites for hydroxylation is 3. The summed E-state index contributed by atoms with van der Waals surface area (Å²) in [6.45, 7) is 13.8. The molecule has 0 aliphatic carbocycles. The lowest BCUT2D eigenvalue weighted by molar-refractivity contribution is -0.141. The number of hydrogen-bond donors (Lipinski definition) is 2. The van der Waals surface area contributed by atoms with E-state index in [2.05, 4.69) is 17.6 Å². The van der Waals surface area contributed by atoms with Gasteiger partial charge in [0.05, 0.1) is 10.7 Å². The van der Waals surface area contributed by atoms with E-state index >= 15 is 0 Å². The minimum Gasteiger partial charge on any atom is -0.444 e. The number of para-hydroxylation sites is 1. The van der Waals surface area contributed by atoms with Crippen molar-refractivity contribution in [3.63, 3.8) is 0 Å². The Balaban J connectivity index is 2.58. The Bertz CT molecular complexity index is 1230. The second-order valence-corrected chi connectivity index (χ2v) is 13.8. The highest BCUT2D eigenvalue weighted by Crippen LogP contribution is 2.31. The zero-order valence-corrected chi connectivity index (χ0v) is 29.4. The predicted octanol–water partition coefficient (Wildman–Crippen LogP) is 8.78. The molecule has 0 spiro atoms. The molecule has 0 heterocycles. The van der Waals surface area contributed by atoms with Crippen molar-refractivity contribution in [1.29, 1.82) is 0 Å². The summed E-state index contributed by atoms with van der Waals surface area (Å²) in [5, 5.41) is 6.29. The van der Waals surface area contributed by atoms with Gasteiger partial charge in [-0.25, -0.2) is 4.79 Å². The second-order valence-electron chi connectivity index (χ2n) is 12.4. The molecule has 2 N–H and O–H groups in total. The van der Waals surface area contributed by atoms with E-state index in [9.17, 15) is 14.4 Å². The molecule has 2 atom stereocenters. The van der Waals surface area contributed by atoms with Crippen molar-refractivity contribution in [2.45, 2.75) is 111 Å². The van der Waals surface area contributed by atoms with Crippen molar-refractivity contribution in [2.24, 2.45) is 0 Å². The van der Waals surface area contributed by atoms with E-state index in [-0.39, 0.29) is 11.8 Å². The van der Waals surface area contributed by atoms with E-state index in [0.717, 1.165) is 48.8 Å². The van der Waals surface area contributed by atoms with Crippen LogP contribution in [-0.4, -0.2) is 53.0 Å². The molecule has 0 aliphatic heterocycles. The maximum absolute atomic E-state index is 14.5. The summed E-state index contributed by atoms with van der Waals surface area (Å²) in [6, 6.07) is 9.51. The van der Waals surface area contributed by atoms with Gasteiger partial charge >= 0.3 is 6.09 Å². The van der Waals surface area contributed by atoms with Gasteiger partial charge in [-0.3, -0.25) is 9.59 Å². The first-order valence-corrected chi connectivity index (χ1v) is 17.5. The molecule has 44 heavy (non-hydrogen) atoms. The molecule has 7 nitrogen and oxygen atoms in total. The molecule has 2 aromatic rings. The Morgan fingerprint density at radius 3 is 2.25 bits per heavy atom. The number of nitrogens with zero attached hydrogens (tertiary/aromatic N) is 1. The Morgan fingerprint density at radius 2 is 1.64 bits per heavy atom. The number of carbonyl (C=O) groups is 3. The van der Waals surface area contributed by atoms with Crippen LogP contribution in [0.25, 0.3) is 0 Å².